The fraction of sp³-hybridized carbons (Fsp3) is 0.448. The predicted octanol–water partition coefficient (Wildman–Crippen LogP) is 3.76. The van der Waals surface area contributed by atoms with E-state index in [2.05, 4.69) is 50.4 Å². The minimum Gasteiger partial charge on any atom is -0.356 e. The number of hydrogen-bond donors (Lipinski definition) is 1. The first-order valence-electron chi connectivity index (χ1n) is 13.4. The van der Waals surface area contributed by atoms with E-state index in [-0.39, 0.29) is 0 Å². The fourth-order valence-corrected chi connectivity index (χ4v) is 4.99. The molecule has 1 unspecified atom stereocenters. The molecule has 2 aromatic carbocycles. The normalized spacial score (nSPS) is 15.7. The summed E-state index contributed by atoms with van der Waals surface area (Å²) >= 11 is 0. The maximum Gasteiger partial charge on any atom is 0.115 e. The van der Waals surface area contributed by atoms with Gasteiger partial charge in [-0.1, -0.05) is 79.7 Å². The molecule has 0 aromatic heterocycles. The summed E-state index contributed by atoms with van der Waals surface area (Å²) in [5.41, 5.74) is 8.64. The molecule has 12 radical (unpaired) electrons. The molecule has 36 heavy (non-hydrogen) atoms. The summed E-state index contributed by atoms with van der Waals surface area (Å²) < 4.78 is 0. The summed E-state index contributed by atoms with van der Waals surface area (Å²) in [4.78, 5) is 0. The standard InChI is InChI=1S/C29H33B6N/c1-4-7-10-17-13-15-18(16-14-17)36-29-22(24(31)20(12-9-6-3)26(33)28(29)35)21-23(30)19(11-8-5-2)25(32)27(21)34/h13-16,21,36H,4-12H2,1-3H3. The fourth-order valence-electron chi connectivity index (χ4n) is 4.99. The van der Waals surface area contributed by atoms with Gasteiger partial charge in [0.2, 0.25) is 0 Å². The third-order valence-corrected chi connectivity index (χ3v) is 7.27. The van der Waals surface area contributed by atoms with Gasteiger partial charge in [0.15, 0.2) is 0 Å². The van der Waals surface area contributed by atoms with Crippen molar-refractivity contribution in [2.75, 3.05) is 5.32 Å². The van der Waals surface area contributed by atoms with Crippen molar-refractivity contribution in [3.05, 3.63) is 62.9 Å². The highest BCUT2D eigenvalue weighted by atomic mass is 14.9. The molecule has 0 heterocycles. The number of hydrogen-bond acceptors (Lipinski definition) is 1. The van der Waals surface area contributed by atoms with Gasteiger partial charge in [-0.25, -0.2) is 0 Å². The van der Waals surface area contributed by atoms with Crippen molar-refractivity contribution in [1.29, 1.82) is 0 Å². The quantitative estimate of drug-likeness (QED) is 0.476. The van der Waals surface area contributed by atoms with E-state index in [4.69, 9.17) is 47.1 Å². The van der Waals surface area contributed by atoms with Crippen molar-refractivity contribution in [3.8, 4) is 0 Å². The maximum absolute atomic E-state index is 6.85. The zero-order valence-corrected chi connectivity index (χ0v) is 22.2. The van der Waals surface area contributed by atoms with Crippen molar-refractivity contribution < 1.29 is 0 Å². The smallest absolute Gasteiger partial charge is 0.115 e. The molecule has 0 aliphatic heterocycles. The molecule has 0 spiro atoms. The van der Waals surface area contributed by atoms with Crippen LogP contribution < -0.4 is 21.7 Å². The molecule has 1 aliphatic carbocycles. The Balaban J connectivity index is 2.15. The summed E-state index contributed by atoms with van der Waals surface area (Å²) in [7, 11) is 39.9. The van der Waals surface area contributed by atoms with Gasteiger partial charge in [0, 0.05) is 17.3 Å². The second kappa shape index (κ2) is 13.1. The second-order valence-corrected chi connectivity index (χ2v) is 9.88. The molecule has 3 rings (SSSR count). The van der Waals surface area contributed by atoms with Gasteiger partial charge in [-0.3, -0.25) is 0 Å². The maximum atomic E-state index is 6.85. The third-order valence-electron chi connectivity index (χ3n) is 7.27. The number of nitrogens with one attached hydrogen (secondary N) is 1. The van der Waals surface area contributed by atoms with Crippen molar-refractivity contribution in [2.45, 2.75) is 84.5 Å². The molecule has 1 atom stereocenters. The SMILES string of the molecule is [B]C1=C([B])C(c2c([B])c(CCCC)c([B])c([B])c2Nc2ccc(CCCC)cc2)C([B])=C1CCCC. The van der Waals surface area contributed by atoms with Gasteiger partial charge in [0.05, 0.1) is 0 Å². The number of anilines is 2. The topological polar surface area (TPSA) is 12.0 Å². The lowest BCUT2D eigenvalue weighted by atomic mass is 9.62. The molecule has 1 aliphatic rings. The Kier molecular flexibility index (Phi) is 10.4. The van der Waals surface area contributed by atoms with Gasteiger partial charge < -0.3 is 5.32 Å². The van der Waals surface area contributed by atoms with E-state index in [0.717, 1.165) is 80.2 Å². The van der Waals surface area contributed by atoms with E-state index >= 15 is 0 Å². The van der Waals surface area contributed by atoms with E-state index in [9.17, 15) is 0 Å². The van der Waals surface area contributed by atoms with Crippen LogP contribution in [0.2, 0.25) is 0 Å². The minimum absolute atomic E-state index is 0.452. The predicted molar refractivity (Wildman–Crippen MR) is 163 cm³/mol. The van der Waals surface area contributed by atoms with Crippen LogP contribution in [0.3, 0.4) is 0 Å². The Morgan fingerprint density at radius 2 is 1.25 bits per heavy atom. The van der Waals surface area contributed by atoms with Crippen LogP contribution in [0.1, 0.15) is 88.3 Å². The van der Waals surface area contributed by atoms with Gasteiger partial charge in [0.25, 0.3) is 0 Å². The minimum atomic E-state index is -0.452. The van der Waals surface area contributed by atoms with Crippen LogP contribution >= 0.6 is 0 Å². The lowest BCUT2D eigenvalue weighted by Crippen LogP contribution is -2.40. The number of allylic oxidation sites excluding steroid dienone is 4. The van der Waals surface area contributed by atoms with Gasteiger partial charge in [-0.15, -0.1) is 16.4 Å². The molecule has 1 N–H and O–H groups in total. The molecule has 2 aromatic rings. The van der Waals surface area contributed by atoms with Crippen LogP contribution in [0.5, 0.6) is 0 Å². The van der Waals surface area contributed by atoms with Crippen molar-refractivity contribution in [1.82, 2.24) is 0 Å². The van der Waals surface area contributed by atoms with Crippen molar-refractivity contribution in [3.63, 3.8) is 0 Å². The Labute approximate surface area is 227 Å². The van der Waals surface area contributed by atoms with Gasteiger partial charge in [0.1, 0.15) is 47.1 Å². The highest BCUT2D eigenvalue weighted by Crippen LogP contribution is 2.43. The average molecular weight is 460 g/mol. The summed E-state index contributed by atoms with van der Waals surface area (Å²) in [5.74, 6) is -0.452. The van der Waals surface area contributed by atoms with E-state index < -0.39 is 5.92 Å². The monoisotopic (exact) mass is 461 g/mol. The molecule has 0 fully saturated rings. The summed E-state index contributed by atoms with van der Waals surface area (Å²) in [6.45, 7) is 6.47. The van der Waals surface area contributed by atoms with Gasteiger partial charge in [-0.05, 0) is 61.8 Å². The Bertz CT molecular complexity index is 1130. The van der Waals surface area contributed by atoms with Crippen molar-refractivity contribution in [2.24, 2.45) is 0 Å². The zero-order valence-electron chi connectivity index (χ0n) is 22.2. The summed E-state index contributed by atoms with van der Waals surface area (Å²) in [6.07, 6.45) is 8.87. The van der Waals surface area contributed by atoms with Crippen LogP contribution in [-0.4, -0.2) is 47.1 Å². The van der Waals surface area contributed by atoms with Crippen LogP contribution in [-0.2, 0) is 12.8 Å². The Hall–Kier alpha value is -1.89. The van der Waals surface area contributed by atoms with Gasteiger partial charge in [-0.2, -0.15) is 0 Å². The summed E-state index contributed by atoms with van der Waals surface area (Å²) in [6, 6.07) is 8.38. The van der Waals surface area contributed by atoms with Crippen LogP contribution in [0.25, 0.3) is 0 Å². The Morgan fingerprint density at radius 1 is 0.667 bits per heavy atom. The summed E-state index contributed by atoms with van der Waals surface area (Å²) in [5, 5.41) is 3.50. The number of rotatable bonds is 12. The lowest BCUT2D eigenvalue weighted by molar-refractivity contribution is 0.794. The Morgan fingerprint density at radius 3 is 1.86 bits per heavy atom. The molecule has 1 nitrogen and oxygen atoms in total. The zero-order chi connectivity index (χ0) is 26.4. The molecule has 172 valence electrons. The second-order valence-electron chi connectivity index (χ2n) is 9.88. The van der Waals surface area contributed by atoms with E-state index in [0.29, 0.717) is 38.5 Å². The highest BCUT2D eigenvalue weighted by molar-refractivity contribution is 6.54. The largest absolute Gasteiger partial charge is 0.356 e. The van der Waals surface area contributed by atoms with Crippen LogP contribution in [0.4, 0.5) is 11.4 Å². The van der Waals surface area contributed by atoms with Gasteiger partial charge >= 0.3 is 0 Å². The molecule has 7 heteroatoms. The van der Waals surface area contributed by atoms with E-state index in [1.165, 1.54) is 5.56 Å². The number of aryl methyl sites for hydroxylation is 1. The first-order chi connectivity index (χ1) is 17.3. The van der Waals surface area contributed by atoms with Crippen molar-refractivity contribution >= 4 is 74.8 Å². The molecule has 0 amide bonds. The molecule has 0 saturated heterocycles. The third kappa shape index (κ3) is 5.98. The first-order valence-corrected chi connectivity index (χ1v) is 13.4. The molecular formula is C29H33B6N. The number of benzene rings is 2. The molecule has 0 bridgehead atoms. The van der Waals surface area contributed by atoms with E-state index in [1.807, 2.05) is 0 Å². The number of unbranched alkanes of at least 4 members (excludes halogenated alkanes) is 3. The first kappa shape index (κ1) is 28.7. The van der Waals surface area contributed by atoms with Crippen LogP contribution in [0.15, 0.2) is 46.3 Å². The molecular weight excluding hydrogens is 427 g/mol. The molecule has 0 saturated carbocycles. The van der Waals surface area contributed by atoms with Crippen LogP contribution in [0, 0.1) is 0 Å². The highest BCUT2D eigenvalue weighted by Gasteiger charge is 2.30. The lowest BCUT2D eigenvalue weighted by Gasteiger charge is -2.30. The average Bonchev–Trinajstić information content (AvgIpc) is 3.08. The van der Waals surface area contributed by atoms with E-state index in [1.54, 1.807) is 0 Å².